The van der Waals surface area contributed by atoms with Gasteiger partial charge in [0.2, 0.25) is 5.91 Å². The highest BCUT2D eigenvalue weighted by molar-refractivity contribution is 8.00. The van der Waals surface area contributed by atoms with Gasteiger partial charge in [-0.3, -0.25) is 4.79 Å². The topological polar surface area (TPSA) is 71.3 Å². The summed E-state index contributed by atoms with van der Waals surface area (Å²) in [4.78, 5) is 33.0. The fraction of sp³-hybridized carbons (Fsp3) is 0.750. The van der Waals surface area contributed by atoms with Gasteiger partial charge in [0.15, 0.2) is 11.0 Å². The molecule has 1 aliphatic rings. The zero-order valence-corrected chi connectivity index (χ0v) is 17.4. The molecule has 1 unspecified atom stereocenters. The Hall–Kier alpha value is -1.22. The molecule has 0 bridgehead atoms. The van der Waals surface area contributed by atoms with Gasteiger partial charge in [-0.15, -0.1) is 5.10 Å². The number of aromatic nitrogens is 3. The fourth-order valence-corrected chi connectivity index (χ4v) is 3.63. The molecule has 1 aromatic heterocycles. The van der Waals surface area contributed by atoms with Gasteiger partial charge in [0.25, 0.3) is 0 Å². The van der Waals surface area contributed by atoms with Crippen LogP contribution in [-0.2, 0) is 9.54 Å². The van der Waals surface area contributed by atoms with Crippen molar-refractivity contribution in [1.29, 1.82) is 0 Å². The number of nitrogens with zero attached hydrogens (tertiary/aromatic N) is 5. The van der Waals surface area contributed by atoms with E-state index in [1.165, 1.54) is 21.3 Å². The summed E-state index contributed by atoms with van der Waals surface area (Å²) in [6, 6.07) is -0.265. The molecule has 1 fully saturated rings. The first-order valence-electron chi connectivity index (χ1n) is 8.37. The number of rotatable bonds is 5. The normalized spacial score (nSPS) is 16.2. The third kappa shape index (κ3) is 4.49. The van der Waals surface area contributed by atoms with Gasteiger partial charge in [-0.25, -0.2) is 9.78 Å². The monoisotopic (exact) mass is 385 g/mol. The molecule has 0 aliphatic carbocycles. The van der Waals surface area contributed by atoms with Crippen LogP contribution in [0.2, 0.25) is 0 Å². The first-order chi connectivity index (χ1) is 11.7. The largest absolute Gasteiger partial charge is 0.346 e. The van der Waals surface area contributed by atoms with Crippen molar-refractivity contribution >= 4 is 35.5 Å². The van der Waals surface area contributed by atoms with Crippen LogP contribution < -0.4 is 0 Å². The zero-order valence-electron chi connectivity index (χ0n) is 15.8. The molecule has 2 amide bonds. The number of carbonyl (C=O) groups excluding carboxylic acids is 2. The second kappa shape index (κ2) is 7.99. The number of hydrogen-bond acceptors (Lipinski definition) is 6. The summed E-state index contributed by atoms with van der Waals surface area (Å²) >= 11 is 2.92. The van der Waals surface area contributed by atoms with Gasteiger partial charge in [0.1, 0.15) is 0 Å². The lowest BCUT2D eigenvalue weighted by Crippen LogP contribution is -2.34. The van der Waals surface area contributed by atoms with Gasteiger partial charge in [0.05, 0.1) is 10.00 Å². The van der Waals surface area contributed by atoms with Crippen molar-refractivity contribution in [2.24, 2.45) is 0 Å². The minimum absolute atomic E-state index is 0.0972. The minimum Gasteiger partial charge on any atom is -0.342 e. The molecule has 2 heterocycles. The number of carbonyl (C=O) groups is 2. The second-order valence-corrected chi connectivity index (χ2v) is 9.55. The van der Waals surface area contributed by atoms with E-state index >= 15 is 0 Å². The molecule has 9 heteroatoms. The average Bonchev–Trinajstić information content (AvgIpc) is 3.23. The third-order valence-corrected chi connectivity index (χ3v) is 6.47. The van der Waals surface area contributed by atoms with E-state index in [1.807, 2.05) is 31.9 Å². The van der Waals surface area contributed by atoms with E-state index < -0.39 is 0 Å². The summed E-state index contributed by atoms with van der Waals surface area (Å²) in [5.41, 5.74) is 0. The highest BCUT2D eigenvalue weighted by Crippen LogP contribution is 2.33. The number of likely N-dealkylation sites (tertiary alicyclic amines) is 1. The van der Waals surface area contributed by atoms with Crippen LogP contribution in [0.5, 0.6) is 0 Å². The quantitative estimate of drug-likeness (QED) is 0.725. The molecule has 1 aromatic rings. The maximum Gasteiger partial charge on any atom is 0.346 e. The van der Waals surface area contributed by atoms with Crippen LogP contribution in [0.4, 0.5) is 4.79 Å². The summed E-state index contributed by atoms with van der Waals surface area (Å²) in [6.45, 7) is 7.54. The maximum atomic E-state index is 12.6. The lowest BCUT2D eigenvalue weighted by molar-refractivity contribution is -0.129. The molecule has 0 saturated carbocycles. The Morgan fingerprint density at radius 3 is 2.36 bits per heavy atom. The molecule has 0 radical (unpaired) electrons. The van der Waals surface area contributed by atoms with Crippen LogP contribution in [0.25, 0.3) is 0 Å². The smallest absolute Gasteiger partial charge is 0.342 e. The van der Waals surface area contributed by atoms with Gasteiger partial charge < -0.3 is 9.80 Å². The van der Waals surface area contributed by atoms with Gasteiger partial charge >= 0.3 is 6.03 Å². The Kier molecular flexibility index (Phi) is 6.42. The predicted molar refractivity (Wildman–Crippen MR) is 102 cm³/mol. The number of thioether (sulfide) groups is 2. The van der Waals surface area contributed by atoms with Crippen LogP contribution in [0.1, 0.15) is 39.4 Å². The molecule has 7 nitrogen and oxygen atoms in total. The van der Waals surface area contributed by atoms with Crippen molar-refractivity contribution in [3.05, 3.63) is 5.82 Å². The molecule has 2 rings (SSSR count). The van der Waals surface area contributed by atoms with Crippen molar-refractivity contribution in [3.63, 3.8) is 0 Å². The zero-order chi connectivity index (χ0) is 18.8. The lowest BCUT2D eigenvalue weighted by Gasteiger charge is -2.19. The Bertz CT molecular complexity index is 638. The molecular formula is C16H27N5O2S2. The van der Waals surface area contributed by atoms with E-state index in [0.717, 1.165) is 25.9 Å². The van der Waals surface area contributed by atoms with E-state index in [1.54, 1.807) is 25.9 Å². The average molecular weight is 386 g/mol. The highest BCUT2D eigenvalue weighted by atomic mass is 32.2. The first kappa shape index (κ1) is 20.1. The van der Waals surface area contributed by atoms with Crippen LogP contribution in [0.3, 0.4) is 0 Å². The van der Waals surface area contributed by atoms with Crippen LogP contribution in [0.15, 0.2) is 5.16 Å². The summed E-state index contributed by atoms with van der Waals surface area (Å²) in [5, 5.41) is 4.60. The van der Waals surface area contributed by atoms with Crippen LogP contribution in [0, 0.1) is 0 Å². The summed E-state index contributed by atoms with van der Waals surface area (Å²) in [7, 11) is 3.35. The van der Waals surface area contributed by atoms with Crippen molar-refractivity contribution in [1.82, 2.24) is 24.6 Å². The molecular weight excluding hydrogens is 358 g/mol. The Balaban J connectivity index is 2.28. The van der Waals surface area contributed by atoms with Crippen molar-refractivity contribution < 1.29 is 9.59 Å². The van der Waals surface area contributed by atoms with E-state index in [4.69, 9.17) is 0 Å². The van der Waals surface area contributed by atoms with E-state index in [0.29, 0.717) is 11.0 Å². The molecule has 0 N–H and O–H groups in total. The van der Waals surface area contributed by atoms with Crippen LogP contribution in [-0.4, -0.2) is 75.2 Å². The molecule has 25 heavy (non-hydrogen) atoms. The molecule has 140 valence electrons. The Morgan fingerprint density at radius 1 is 1.24 bits per heavy atom. The third-order valence-electron chi connectivity index (χ3n) is 4.24. The molecule has 1 atom stereocenters. The van der Waals surface area contributed by atoms with Crippen LogP contribution >= 0.6 is 23.5 Å². The molecule has 1 aliphatic heterocycles. The van der Waals surface area contributed by atoms with Crippen molar-refractivity contribution in [2.75, 3.05) is 33.4 Å². The van der Waals surface area contributed by atoms with Gasteiger partial charge in [-0.2, -0.15) is 16.4 Å². The molecule has 0 spiro atoms. The van der Waals surface area contributed by atoms with E-state index in [2.05, 4.69) is 10.1 Å². The Morgan fingerprint density at radius 2 is 1.84 bits per heavy atom. The van der Waals surface area contributed by atoms with Crippen molar-refractivity contribution in [2.45, 2.75) is 48.8 Å². The summed E-state index contributed by atoms with van der Waals surface area (Å²) in [5.74, 6) is 0.693. The van der Waals surface area contributed by atoms with E-state index in [9.17, 15) is 9.59 Å². The van der Waals surface area contributed by atoms with Gasteiger partial charge in [-0.05, 0) is 39.9 Å². The number of hydrogen-bond donors (Lipinski definition) is 0. The lowest BCUT2D eigenvalue weighted by atomic mass is 10.2. The minimum atomic E-state index is -0.310. The summed E-state index contributed by atoms with van der Waals surface area (Å²) in [6.07, 6.45) is 4.11. The molecule has 0 aromatic carbocycles. The summed E-state index contributed by atoms with van der Waals surface area (Å²) < 4.78 is 1.00. The second-order valence-electron chi connectivity index (χ2n) is 6.81. The van der Waals surface area contributed by atoms with Gasteiger partial charge in [-0.1, -0.05) is 11.8 Å². The first-order valence-corrected chi connectivity index (χ1v) is 10.5. The van der Waals surface area contributed by atoms with E-state index in [-0.39, 0.29) is 21.9 Å². The highest BCUT2D eigenvalue weighted by Gasteiger charge is 2.31. The van der Waals surface area contributed by atoms with Crippen molar-refractivity contribution in [3.8, 4) is 0 Å². The van der Waals surface area contributed by atoms with Gasteiger partial charge in [0, 0.05) is 27.2 Å². The Labute approximate surface area is 157 Å². The fourth-order valence-electron chi connectivity index (χ4n) is 2.44. The maximum absolute atomic E-state index is 12.6. The number of amides is 2. The SMILES string of the molecule is CSC(C)(C)c1nc(SC(C)C(=O)N2CCCC2)n(C(=O)N(C)C)n1. The predicted octanol–water partition coefficient (Wildman–Crippen LogP) is 2.51. The molecule has 1 saturated heterocycles. The standard InChI is InChI=1S/C16H27N5O2S2/c1-11(12(22)20-9-7-8-10-20)25-14-17-13(16(2,3)24-6)18-21(14)15(23)19(4)5/h11H,7-10H2,1-6H3.